The summed E-state index contributed by atoms with van der Waals surface area (Å²) in [4.78, 5) is 5.34. The lowest BCUT2D eigenvalue weighted by Gasteiger charge is -2.02. The molecule has 0 aromatic heterocycles. The van der Waals surface area contributed by atoms with Crippen LogP contribution in [-0.4, -0.2) is 11.6 Å². The minimum absolute atomic E-state index is 0.688. The maximum Gasteiger partial charge on any atom is 0.100 e. The summed E-state index contributed by atoms with van der Waals surface area (Å²) in [7, 11) is 0. The van der Waals surface area contributed by atoms with Crippen LogP contribution in [0.25, 0.3) is 0 Å². The fraction of sp³-hybridized carbons (Fsp3) is 0.222. The number of benzene rings is 1. The van der Waals surface area contributed by atoms with Gasteiger partial charge in [-0.05, 0) is 12.1 Å². The van der Waals surface area contributed by atoms with Crippen LogP contribution >= 0.6 is 23.4 Å². The zero-order valence-electron chi connectivity index (χ0n) is 6.96. The molecule has 68 valence electrons. The van der Waals surface area contributed by atoms with Crippen molar-refractivity contribution < 1.29 is 0 Å². The van der Waals surface area contributed by atoms with Crippen LogP contribution in [0.2, 0.25) is 5.02 Å². The first kappa shape index (κ1) is 8.91. The van der Waals surface area contributed by atoms with Crippen LogP contribution in [-0.2, 0) is 0 Å². The molecule has 2 rings (SSSR count). The summed E-state index contributed by atoms with van der Waals surface area (Å²) in [6.45, 7) is 0. The number of thioether (sulfide) groups is 1. The average molecular weight is 213 g/mol. The molecule has 0 saturated heterocycles. The zero-order chi connectivity index (χ0) is 9.26. The van der Waals surface area contributed by atoms with Gasteiger partial charge in [0, 0.05) is 12.2 Å². The Labute approximate surface area is 86.2 Å². The van der Waals surface area contributed by atoms with Gasteiger partial charge in [-0.2, -0.15) is 0 Å². The van der Waals surface area contributed by atoms with Gasteiger partial charge in [0.25, 0.3) is 0 Å². The van der Waals surface area contributed by atoms with E-state index in [0.717, 1.165) is 27.8 Å². The molecule has 1 aromatic carbocycles. The van der Waals surface area contributed by atoms with Gasteiger partial charge in [0.05, 0.1) is 15.6 Å². The Balaban J connectivity index is 2.53. The lowest BCUT2D eigenvalue weighted by Crippen LogP contribution is -2.10. The number of hydrogen-bond acceptors (Lipinski definition) is 3. The Kier molecular flexibility index (Phi) is 2.47. The van der Waals surface area contributed by atoms with Crippen molar-refractivity contribution in [1.29, 1.82) is 0 Å². The molecule has 2 nitrogen and oxygen atoms in total. The van der Waals surface area contributed by atoms with Gasteiger partial charge in [0.2, 0.25) is 0 Å². The molecular formula is C9H9ClN2S. The minimum atomic E-state index is 0.688. The number of halogens is 1. The number of nitrogens with two attached hydrogens (primary N) is 1. The minimum Gasteiger partial charge on any atom is -0.387 e. The Morgan fingerprint density at radius 1 is 1.46 bits per heavy atom. The van der Waals surface area contributed by atoms with Gasteiger partial charge in [-0.15, -0.1) is 11.8 Å². The van der Waals surface area contributed by atoms with E-state index in [-0.39, 0.29) is 0 Å². The predicted octanol–water partition coefficient (Wildman–Crippen LogP) is 2.82. The summed E-state index contributed by atoms with van der Waals surface area (Å²) in [5.41, 5.74) is 6.59. The highest BCUT2D eigenvalue weighted by atomic mass is 35.5. The van der Waals surface area contributed by atoms with E-state index < -0.39 is 0 Å². The highest BCUT2D eigenvalue weighted by Gasteiger charge is 2.11. The first-order valence-electron chi connectivity index (χ1n) is 4.02. The standard InChI is InChI=1S/C9H9ClN2S/c10-6-2-1-3-7-9(6)13-5-4-8(11)12-7/h1-3H,4-5H2,(H2,11,12). The zero-order valence-corrected chi connectivity index (χ0v) is 8.53. The quantitative estimate of drug-likeness (QED) is 0.718. The van der Waals surface area contributed by atoms with Crippen molar-refractivity contribution in [1.82, 2.24) is 0 Å². The second-order valence-corrected chi connectivity index (χ2v) is 4.30. The van der Waals surface area contributed by atoms with E-state index in [1.54, 1.807) is 11.8 Å². The van der Waals surface area contributed by atoms with E-state index in [0.29, 0.717) is 5.84 Å². The fourth-order valence-corrected chi connectivity index (χ4v) is 2.51. The summed E-state index contributed by atoms with van der Waals surface area (Å²) >= 11 is 7.74. The molecular weight excluding hydrogens is 204 g/mol. The van der Waals surface area contributed by atoms with E-state index in [9.17, 15) is 0 Å². The van der Waals surface area contributed by atoms with Crippen LogP contribution in [0.1, 0.15) is 6.42 Å². The Morgan fingerprint density at radius 2 is 2.31 bits per heavy atom. The summed E-state index contributed by atoms with van der Waals surface area (Å²) in [5, 5.41) is 0.765. The van der Waals surface area contributed by atoms with Crippen LogP contribution in [0.15, 0.2) is 28.1 Å². The molecule has 1 aliphatic rings. The third-order valence-electron chi connectivity index (χ3n) is 1.81. The molecule has 0 aliphatic carbocycles. The van der Waals surface area contributed by atoms with Crippen LogP contribution in [0.5, 0.6) is 0 Å². The number of hydrogen-bond donors (Lipinski definition) is 1. The molecule has 0 fully saturated rings. The molecule has 1 heterocycles. The molecule has 0 atom stereocenters. The summed E-state index contributed by atoms with van der Waals surface area (Å²) in [6.07, 6.45) is 0.829. The number of nitrogens with zero attached hydrogens (tertiary/aromatic N) is 1. The third-order valence-corrected chi connectivity index (χ3v) is 3.37. The summed E-state index contributed by atoms with van der Waals surface area (Å²) in [6, 6.07) is 5.71. The van der Waals surface area contributed by atoms with Crippen molar-refractivity contribution >= 4 is 34.9 Å². The van der Waals surface area contributed by atoms with Gasteiger partial charge in [-0.1, -0.05) is 17.7 Å². The van der Waals surface area contributed by atoms with Crippen molar-refractivity contribution in [2.24, 2.45) is 10.7 Å². The topological polar surface area (TPSA) is 38.4 Å². The lowest BCUT2D eigenvalue weighted by atomic mass is 10.3. The molecule has 2 N–H and O–H groups in total. The normalized spacial score (nSPS) is 15.9. The van der Waals surface area contributed by atoms with Crippen molar-refractivity contribution in [3.05, 3.63) is 23.2 Å². The molecule has 1 aliphatic heterocycles. The van der Waals surface area contributed by atoms with Gasteiger partial charge < -0.3 is 5.73 Å². The second-order valence-electron chi connectivity index (χ2n) is 2.79. The highest BCUT2D eigenvalue weighted by molar-refractivity contribution is 7.99. The van der Waals surface area contributed by atoms with Crippen molar-refractivity contribution in [3.8, 4) is 0 Å². The number of rotatable bonds is 0. The largest absolute Gasteiger partial charge is 0.387 e. The van der Waals surface area contributed by atoms with Crippen LogP contribution < -0.4 is 5.73 Å². The van der Waals surface area contributed by atoms with Gasteiger partial charge in [0.1, 0.15) is 5.84 Å². The van der Waals surface area contributed by atoms with E-state index in [2.05, 4.69) is 4.99 Å². The predicted molar refractivity (Wildman–Crippen MR) is 58.1 cm³/mol. The molecule has 4 heteroatoms. The molecule has 0 amide bonds. The molecule has 0 radical (unpaired) electrons. The highest BCUT2D eigenvalue weighted by Crippen LogP contribution is 2.37. The van der Waals surface area contributed by atoms with Crippen molar-refractivity contribution in [2.45, 2.75) is 11.3 Å². The maximum absolute atomic E-state index is 6.03. The van der Waals surface area contributed by atoms with E-state index in [1.807, 2.05) is 18.2 Å². The fourth-order valence-electron chi connectivity index (χ4n) is 1.20. The molecule has 0 spiro atoms. The summed E-state index contributed by atoms with van der Waals surface area (Å²) < 4.78 is 0. The number of fused-ring (bicyclic) bond motifs is 1. The van der Waals surface area contributed by atoms with Crippen LogP contribution in [0, 0.1) is 0 Å². The molecule has 0 unspecified atom stereocenters. The third kappa shape index (κ3) is 1.81. The first-order valence-corrected chi connectivity index (χ1v) is 5.38. The van der Waals surface area contributed by atoms with Crippen molar-refractivity contribution in [3.63, 3.8) is 0 Å². The second kappa shape index (κ2) is 3.60. The molecule has 1 aromatic rings. The number of amidine groups is 1. The maximum atomic E-state index is 6.03. The monoisotopic (exact) mass is 212 g/mol. The smallest absolute Gasteiger partial charge is 0.100 e. The van der Waals surface area contributed by atoms with Gasteiger partial charge in [0.15, 0.2) is 0 Å². The van der Waals surface area contributed by atoms with Crippen LogP contribution in [0.3, 0.4) is 0 Å². The molecule has 13 heavy (non-hydrogen) atoms. The Hall–Kier alpha value is -0.670. The van der Waals surface area contributed by atoms with E-state index >= 15 is 0 Å². The van der Waals surface area contributed by atoms with Crippen molar-refractivity contribution in [2.75, 3.05) is 5.75 Å². The van der Waals surface area contributed by atoms with E-state index in [4.69, 9.17) is 17.3 Å². The molecule has 0 saturated carbocycles. The van der Waals surface area contributed by atoms with Gasteiger partial charge in [-0.25, -0.2) is 4.99 Å². The Morgan fingerprint density at radius 3 is 3.15 bits per heavy atom. The Bertz CT molecular complexity index is 363. The molecule has 0 bridgehead atoms. The SMILES string of the molecule is NC1=Nc2cccc(Cl)c2SCC1. The number of aliphatic imine (C=N–C) groups is 1. The first-order chi connectivity index (χ1) is 6.27. The van der Waals surface area contributed by atoms with Gasteiger partial charge >= 0.3 is 0 Å². The average Bonchev–Trinajstić information content (AvgIpc) is 2.27. The summed E-state index contributed by atoms with van der Waals surface area (Å²) in [5.74, 6) is 1.64. The van der Waals surface area contributed by atoms with E-state index in [1.165, 1.54) is 0 Å². The van der Waals surface area contributed by atoms with Gasteiger partial charge in [-0.3, -0.25) is 0 Å². The lowest BCUT2D eigenvalue weighted by molar-refractivity contribution is 1.26. The van der Waals surface area contributed by atoms with Crippen LogP contribution in [0.4, 0.5) is 5.69 Å².